The van der Waals surface area contributed by atoms with Gasteiger partial charge in [-0.05, 0) is 50.9 Å². The maximum atomic E-state index is 12.2. The lowest BCUT2D eigenvalue weighted by Gasteiger charge is -2.36. The first-order valence-electron chi connectivity index (χ1n) is 7.70. The molecule has 3 rings (SSSR count). The lowest BCUT2D eigenvalue weighted by Crippen LogP contribution is -2.49. The minimum absolute atomic E-state index is 0. The first-order chi connectivity index (χ1) is 10.6. The Labute approximate surface area is 148 Å². The van der Waals surface area contributed by atoms with Crippen LogP contribution in [0.25, 0.3) is 0 Å². The van der Waals surface area contributed by atoms with Crippen LogP contribution in [0.5, 0.6) is 5.75 Å². The third-order valence-electron chi connectivity index (χ3n) is 4.84. The van der Waals surface area contributed by atoms with Gasteiger partial charge in [-0.3, -0.25) is 0 Å². The molecule has 0 spiro atoms. The van der Waals surface area contributed by atoms with Gasteiger partial charge in [0, 0.05) is 23.1 Å². The molecule has 128 valence electrons. The van der Waals surface area contributed by atoms with Gasteiger partial charge in [0.1, 0.15) is 5.75 Å². The molecule has 2 amide bonds. The molecule has 0 saturated carbocycles. The van der Waals surface area contributed by atoms with Gasteiger partial charge in [0.05, 0.1) is 12.8 Å². The first-order valence-corrected chi connectivity index (χ1v) is 8.07. The molecular weight excluding hydrogens is 337 g/mol. The van der Waals surface area contributed by atoms with E-state index in [0.717, 1.165) is 12.8 Å². The van der Waals surface area contributed by atoms with E-state index < -0.39 is 0 Å². The van der Waals surface area contributed by atoms with E-state index in [1.54, 1.807) is 25.3 Å². The lowest BCUT2D eigenvalue weighted by molar-refractivity contribution is 0.151. The Morgan fingerprint density at radius 2 is 1.96 bits per heavy atom. The molecule has 23 heavy (non-hydrogen) atoms. The standard InChI is InChI=1S/C16H22ClN3O2.ClH/c1-20-12-4-5-13(20)9-11(8-12)18-16(21)19-14-7-10(17)3-6-15(14)22-2;/h3,6-7,11-13H,4-5,8-9H2,1-2H3,(H2,18,19,21);1H. The fraction of sp³-hybridized carbons (Fsp3) is 0.562. The highest BCUT2D eigenvalue weighted by Gasteiger charge is 2.38. The molecule has 2 aliphatic heterocycles. The number of fused-ring (bicyclic) bond motifs is 2. The molecular formula is C16H23Cl2N3O2. The zero-order chi connectivity index (χ0) is 15.7. The van der Waals surface area contributed by atoms with Gasteiger partial charge in [-0.15, -0.1) is 12.4 Å². The smallest absolute Gasteiger partial charge is 0.319 e. The van der Waals surface area contributed by atoms with Gasteiger partial charge < -0.3 is 20.3 Å². The van der Waals surface area contributed by atoms with Crippen LogP contribution in [0.3, 0.4) is 0 Å². The molecule has 2 heterocycles. The van der Waals surface area contributed by atoms with E-state index in [-0.39, 0.29) is 24.5 Å². The minimum Gasteiger partial charge on any atom is -0.495 e. The summed E-state index contributed by atoms with van der Waals surface area (Å²) < 4.78 is 5.24. The van der Waals surface area contributed by atoms with E-state index in [4.69, 9.17) is 16.3 Å². The van der Waals surface area contributed by atoms with Crippen molar-refractivity contribution in [2.75, 3.05) is 19.5 Å². The summed E-state index contributed by atoms with van der Waals surface area (Å²) in [5, 5.41) is 6.49. The van der Waals surface area contributed by atoms with E-state index in [1.807, 2.05) is 0 Å². The number of nitrogens with one attached hydrogen (secondary N) is 2. The van der Waals surface area contributed by atoms with Crippen LogP contribution in [0, 0.1) is 0 Å². The summed E-state index contributed by atoms with van der Waals surface area (Å²) in [6.07, 6.45) is 4.52. The highest BCUT2D eigenvalue weighted by Crippen LogP contribution is 2.34. The second-order valence-corrected chi connectivity index (χ2v) is 6.60. The van der Waals surface area contributed by atoms with Crippen LogP contribution < -0.4 is 15.4 Å². The quantitative estimate of drug-likeness (QED) is 0.867. The van der Waals surface area contributed by atoms with Crippen molar-refractivity contribution in [2.24, 2.45) is 0 Å². The zero-order valence-corrected chi connectivity index (χ0v) is 14.9. The van der Waals surface area contributed by atoms with Gasteiger partial charge in [-0.1, -0.05) is 11.6 Å². The maximum Gasteiger partial charge on any atom is 0.319 e. The van der Waals surface area contributed by atoms with Crippen molar-refractivity contribution in [1.29, 1.82) is 0 Å². The van der Waals surface area contributed by atoms with E-state index >= 15 is 0 Å². The van der Waals surface area contributed by atoms with Crippen molar-refractivity contribution in [1.82, 2.24) is 10.2 Å². The molecule has 1 aromatic carbocycles. The van der Waals surface area contributed by atoms with Crippen LogP contribution in [0.2, 0.25) is 5.02 Å². The van der Waals surface area contributed by atoms with E-state index in [1.165, 1.54) is 12.8 Å². The second kappa shape index (κ2) is 7.60. The molecule has 2 aliphatic rings. The molecule has 2 N–H and O–H groups in total. The van der Waals surface area contributed by atoms with Crippen LogP contribution in [-0.2, 0) is 0 Å². The zero-order valence-electron chi connectivity index (χ0n) is 13.3. The topological polar surface area (TPSA) is 53.6 Å². The molecule has 0 aliphatic carbocycles. The number of urea groups is 1. The molecule has 2 saturated heterocycles. The van der Waals surface area contributed by atoms with Crippen LogP contribution in [0.4, 0.5) is 10.5 Å². The summed E-state index contributed by atoms with van der Waals surface area (Å²) in [6.45, 7) is 0. The van der Waals surface area contributed by atoms with Crippen LogP contribution in [0.15, 0.2) is 18.2 Å². The summed E-state index contributed by atoms with van der Waals surface area (Å²) in [5.41, 5.74) is 0.586. The largest absolute Gasteiger partial charge is 0.495 e. The molecule has 2 unspecified atom stereocenters. The number of hydrogen-bond acceptors (Lipinski definition) is 3. The molecule has 0 radical (unpaired) electrons. The molecule has 1 aromatic rings. The average molecular weight is 360 g/mol. The predicted octanol–water partition coefficient (Wildman–Crippen LogP) is 3.52. The van der Waals surface area contributed by atoms with Gasteiger partial charge >= 0.3 is 6.03 Å². The number of ether oxygens (including phenoxy) is 1. The summed E-state index contributed by atoms with van der Waals surface area (Å²) >= 11 is 5.98. The van der Waals surface area contributed by atoms with Crippen LogP contribution in [-0.4, -0.2) is 43.2 Å². The Hall–Kier alpha value is -1.17. The Morgan fingerprint density at radius 1 is 1.30 bits per heavy atom. The summed E-state index contributed by atoms with van der Waals surface area (Å²) in [6, 6.07) is 6.41. The molecule has 2 fully saturated rings. The summed E-state index contributed by atoms with van der Waals surface area (Å²) in [7, 11) is 3.76. The van der Waals surface area contributed by atoms with E-state index in [0.29, 0.717) is 28.5 Å². The summed E-state index contributed by atoms with van der Waals surface area (Å²) in [4.78, 5) is 14.7. The number of rotatable bonds is 3. The van der Waals surface area contributed by atoms with Gasteiger partial charge in [-0.2, -0.15) is 0 Å². The van der Waals surface area contributed by atoms with Crippen molar-refractivity contribution >= 4 is 35.7 Å². The first kappa shape index (κ1) is 18.2. The predicted molar refractivity (Wildman–Crippen MR) is 95.0 cm³/mol. The van der Waals surface area contributed by atoms with Crippen molar-refractivity contribution < 1.29 is 9.53 Å². The Kier molecular flexibility index (Phi) is 6.00. The fourth-order valence-corrected chi connectivity index (χ4v) is 3.82. The number of piperidine rings is 1. The number of nitrogens with zero attached hydrogens (tertiary/aromatic N) is 1. The Bertz CT molecular complexity index is 556. The minimum atomic E-state index is -0.200. The number of hydrogen-bond donors (Lipinski definition) is 2. The normalized spacial score (nSPS) is 26.3. The number of halogens is 2. The Morgan fingerprint density at radius 3 is 2.57 bits per heavy atom. The number of carbonyl (C=O) groups excluding carboxylic acids is 1. The molecule has 5 nitrogen and oxygen atoms in total. The van der Waals surface area contributed by atoms with E-state index in [9.17, 15) is 4.79 Å². The van der Waals surface area contributed by atoms with Gasteiger partial charge in [0.15, 0.2) is 0 Å². The lowest BCUT2D eigenvalue weighted by atomic mass is 9.98. The Balaban J connectivity index is 0.00000192. The van der Waals surface area contributed by atoms with Crippen molar-refractivity contribution in [2.45, 2.75) is 43.8 Å². The van der Waals surface area contributed by atoms with Crippen molar-refractivity contribution in [3.05, 3.63) is 23.2 Å². The SMILES string of the molecule is COc1ccc(Cl)cc1NC(=O)NC1CC2CCC(C1)N2C.Cl. The maximum absolute atomic E-state index is 12.2. The second-order valence-electron chi connectivity index (χ2n) is 6.16. The number of methoxy groups -OCH3 is 1. The number of amides is 2. The van der Waals surface area contributed by atoms with Gasteiger partial charge in [0.2, 0.25) is 0 Å². The molecule has 7 heteroatoms. The average Bonchev–Trinajstić information content (AvgIpc) is 2.70. The number of carbonyl (C=O) groups is 1. The van der Waals surface area contributed by atoms with Gasteiger partial charge in [-0.25, -0.2) is 4.79 Å². The highest BCUT2D eigenvalue weighted by molar-refractivity contribution is 6.31. The summed E-state index contributed by atoms with van der Waals surface area (Å²) in [5.74, 6) is 0.600. The van der Waals surface area contributed by atoms with E-state index in [2.05, 4.69) is 22.6 Å². The molecule has 2 atom stereocenters. The van der Waals surface area contributed by atoms with Gasteiger partial charge in [0.25, 0.3) is 0 Å². The van der Waals surface area contributed by atoms with Crippen molar-refractivity contribution in [3.8, 4) is 5.75 Å². The monoisotopic (exact) mass is 359 g/mol. The van der Waals surface area contributed by atoms with Crippen molar-refractivity contribution in [3.63, 3.8) is 0 Å². The fourth-order valence-electron chi connectivity index (χ4n) is 3.65. The number of benzene rings is 1. The van der Waals surface area contributed by atoms with Crippen LogP contribution in [0.1, 0.15) is 25.7 Å². The molecule has 2 bridgehead atoms. The third-order valence-corrected chi connectivity index (χ3v) is 5.08. The molecule has 0 aromatic heterocycles. The highest BCUT2D eigenvalue weighted by atomic mass is 35.5. The third kappa shape index (κ3) is 4.03. The van der Waals surface area contributed by atoms with Crippen LogP contribution >= 0.6 is 24.0 Å². The number of anilines is 1.